The molecule has 0 saturated carbocycles. The van der Waals surface area contributed by atoms with Gasteiger partial charge in [-0.15, -0.1) is 0 Å². The molecule has 1 aromatic carbocycles. The molecule has 0 spiro atoms. The fourth-order valence-corrected chi connectivity index (χ4v) is 2.84. The van der Waals surface area contributed by atoms with Crippen LogP contribution in [-0.2, 0) is 11.0 Å². The fourth-order valence-electron chi connectivity index (χ4n) is 2.13. The average Bonchev–Trinajstić information content (AvgIpc) is 2.78. The Kier molecular flexibility index (Phi) is 4.85. The van der Waals surface area contributed by atoms with E-state index < -0.39 is 8.32 Å². The molecule has 0 saturated heterocycles. The monoisotopic (exact) mass is 304 g/mol. The summed E-state index contributed by atoms with van der Waals surface area (Å²) in [6.45, 7) is 10.1. The van der Waals surface area contributed by atoms with Crippen molar-refractivity contribution in [1.82, 2.24) is 9.78 Å². The van der Waals surface area contributed by atoms with E-state index in [1.165, 1.54) is 0 Å². The minimum absolute atomic E-state index is 0.721. The molecule has 0 amide bonds. The molecular weight excluding hydrogens is 280 g/mol. The van der Waals surface area contributed by atoms with Gasteiger partial charge in [-0.3, -0.25) is 4.68 Å². The van der Waals surface area contributed by atoms with Crippen molar-refractivity contribution in [3.8, 4) is 16.9 Å². The molecule has 1 aromatic heterocycles. The van der Waals surface area contributed by atoms with Crippen molar-refractivity contribution in [2.75, 3.05) is 13.7 Å². The molecule has 0 aliphatic heterocycles. The van der Waals surface area contributed by atoms with Crippen molar-refractivity contribution in [3.63, 3.8) is 0 Å². The van der Waals surface area contributed by atoms with Crippen LogP contribution in [0.1, 0.15) is 5.69 Å². The summed E-state index contributed by atoms with van der Waals surface area (Å²) in [4.78, 5) is 0. The molecule has 0 aliphatic rings. The van der Waals surface area contributed by atoms with Crippen LogP contribution in [0.15, 0.2) is 30.5 Å². The van der Waals surface area contributed by atoms with Crippen LogP contribution in [0.2, 0.25) is 19.6 Å². The van der Waals surface area contributed by atoms with Gasteiger partial charge in [0.1, 0.15) is 5.75 Å². The summed E-state index contributed by atoms with van der Waals surface area (Å²) in [5.74, 6) is 0.868. The first kappa shape index (κ1) is 15.8. The Balaban J connectivity index is 2.07. The molecule has 0 unspecified atom stereocenters. The zero-order valence-corrected chi connectivity index (χ0v) is 14.5. The van der Waals surface area contributed by atoms with Crippen LogP contribution in [-0.4, -0.2) is 31.8 Å². The standard InChI is InChI=1S/C16H24N2O2Si/c1-13-16(14-6-8-15(19-2)9-7-14)12-18(17-13)10-11-20-21(3,4)5/h6-9,12H,10-11H2,1-5H3. The van der Waals surface area contributed by atoms with Gasteiger partial charge in [0.15, 0.2) is 8.32 Å². The van der Waals surface area contributed by atoms with E-state index in [1.54, 1.807) is 7.11 Å². The number of nitrogens with zero attached hydrogens (tertiary/aromatic N) is 2. The van der Waals surface area contributed by atoms with Gasteiger partial charge in [0.05, 0.1) is 26.0 Å². The average molecular weight is 304 g/mol. The summed E-state index contributed by atoms with van der Waals surface area (Å²) in [5, 5.41) is 4.57. The van der Waals surface area contributed by atoms with E-state index >= 15 is 0 Å². The van der Waals surface area contributed by atoms with E-state index in [-0.39, 0.29) is 0 Å². The summed E-state index contributed by atoms with van der Waals surface area (Å²) in [6.07, 6.45) is 2.09. The van der Waals surface area contributed by atoms with Crippen molar-refractivity contribution < 1.29 is 9.16 Å². The first-order valence-electron chi connectivity index (χ1n) is 7.21. The molecule has 0 radical (unpaired) electrons. The van der Waals surface area contributed by atoms with E-state index in [9.17, 15) is 0 Å². The van der Waals surface area contributed by atoms with E-state index in [0.717, 1.165) is 35.7 Å². The molecule has 5 heteroatoms. The Bertz CT molecular complexity index is 585. The number of rotatable bonds is 6. The van der Waals surface area contributed by atoms with Crippen LogP contribution in [0.3, 0.4) is 0 Å². The van der Waals surface area contributed by atoms with E-state index in [1.807, 2.05) is 23.7 Å². The topological polar surface area (TPSA) is 36.3 Å². The highest BCUT2D eigenvalue weighted by atomic mass is 28.4. The highest BCUT2D eigenvalue weighted by Crippen LogP contribution is 2.24. The molecule has 21 heavy (non-hydrogen) atoms. The van der Waals surface area contributed by atoms with E-state index in [2.05, 4.69) is 43.1 Å². The molecule has 1 heterocycles. The second-order valence-corrected chi connectivity index (χ2v) is 10.6. The molecule has 0 bridgehead atoms. The molecule has 0 fully saturated rings. The van der Waals surface area contributed by atoms with Gasteiger partial charge >= 0.3 is 0 Å². The number of ether oxygens (including phenoxy) is 1. The maximum Gasteiger partial charge on any atom is 0.183 e. The van der Waals surface area contributed by atoms with Crippen molar-refractivity contribution in [2.24, 2.45) is 0 Å². The van der Waals surface area contributed by atoms with Gasteiger partial charge < -0.3 is 9.16 Å². The molecule has 4 nitrogen and oxygen atoms in total. The number of hydrogen-bond acceptors (Lipinski definition) is 3. The van der Waals surface area contributed by atoms with Crippen molar-refractivity contribution in [2.45, 2.75) is 33.1 Å². The van der Waals surface area contributed by atoms with Gasteiger partial charge in [0, 0.05) is 11.8 Å². The van der Waals surface area contributed by atoms with E-state index in [4.69, 9.17) is 9.16 Å². The largest absolute Gasteiger partial charge is 0.497 e. The van der Waals surface area contributed by atoms with Crippen molar-refractivity contribution >= 4 is 8.32 Å². The van der Waals surface area contributed by atoms with Gasteiger partial charge in [-0.2, -0.15) is 5.10 Å². The molecule has 2 aromatic rings. The molecule has 0 N–H and O–H groups in total. The Morgan fingerprint density at radius 3 is 2.38 bits per heavy atom. The van der Waals surface area contributed by atoms with Crippen LogP contribution in [0.4, 0.5) is 0 Å². The van der Waals surface area contributed by atoms with Crippen LogP contribution in [0, 0.1) is 6.92 Å². The highest BCUT2D eigenvalue weighted by Gasteiger charge is 2.14. The van der Waals surface area contributed by atoms with Gasteiger partial charge in [-0.05, 0) is 44.3 Å². The number of methoxy groups -OCH3 is 1. The predicted octanol–water partition coefficient (Wildman–Crippen LogP) is 3.72. The quantitative estimate of drug-likeness (QED) is 0.763. The zero-order chi connectivity index (χ0) is 15.5. The number of hydrogen-bond donors (Lipinski definition) is 0. The van der Waals surface area contributed by atoms with Gasteiger partial charge in [-0.1, -0.05) is 12.1 Å². The summed E-state index contributed by atoms with van der Waals surface area (Å²) in [7, 11) is 0.230. The van der Waals surface area contributed by atoms with Gasteiger partial charge in [0.25, 0.3) is 0 Å². The minimum Gasteiger partial charge on any atom is -0.497 e. The third-order valence-corrected chi connectivity index (χ3v) is 4.27. The Hall–Kier alpha value is -1.59. The second-order valence-electron chi connectivity index (χ2n) is 6.08. The third-order valence-electron chi connectivity index (χ3n) is 3.20. The summed E-state index contributed by atoms with van der Waals surface area (Å²) in [6, 6.07) is 8.07. The maximum absolute atomic E-state index is 5.88. The highest BCUT2D eigenvalue weighted by molar-refractivity contribution is 6.69. The molecule has 2 rings (SSSR count). The summed E-state index contributed by atoms with van der Waals surface area (Å²) in [5.41, 5.74) is 3.35. The normalized spacial score (nSPS) is 11.7. The lowest BCUT2D eigenvalue weighted by molar-refractivity contribution is 0.285. The van der Waals surface area contributed by atoms with Crippen LogP contribution < -0.4 is 4.74 Å². The maximum atomic E-state index is 5.88. The fraction of sp³-hybridized carbons (Fsp3) is 0.438. The molecule has 114 valence electrons. The summed E-state index contributed by atoms with van der Waals surface area (Å²) < 4.78 is 13.0. The molecular formula is C16H24N2O2Si. The second kappa shape index (κ2) is 6.45. The lowest BCUT2D eigenvalue weighted by Crippen LogP contribution is -2.27. The lowest BCUT2D eigenvalue weighted by Gasteiger charge is -2.16. The first-order chi connectivity index (χ1) is 9.89. The Morgan fingerprint density at radius 1 is 1.14 bits per heavy atom. The third kappa shape index (κ3) is 4.44. The number of aryl methyl sites for hydroxylation is 1. The Labute approximate surface area is 127 Å². The van der Waals surface area contributed by atoms with Gasteiger partial charge in [-0.25, -0.2) is 0 Å². The summed E-state index contributed by atoms with van der Waals surface area (Å²) >= 11 is 0. The van der Waals surface area contributed by atoms with Crippen molar-refractivity contribution in [1.29, 1.82) is 0 Å². The van der Waals surface area contributed by atoms with Crippen LogP contribution in [0.5, 0.6) is 5.75 Å². The van der Waals surface area contributed by atoms with Crippen LogP contribution in [0.25, 0.3) is 11.1 Å². The smallest absolute Gasteiger partial charge is 0.183 e. The predicted molar refractivity (Wildman–Crippen MR) is 88.3 cm³/mol. The number of aromatic nitrogens is 2. The molecule has 0 atom stereocenters. The number of benzene rings is 1. The van der Waals surface area contributed by atoms with E-state index in [0.29, 0.717) is 0 Å². The lowest BCUT2D eigenvalue weighted by atomic mass is 10.1. The van der Waals surface area contributed by atoms with Crippen LogP contribution >= 0.6 is 0 Å². The first-order valence-corrected chi connectivity index (χ1v) is 10.6. The Morgan fingerprint density at radius 2 is 1.81 bits per heavy atom. The molecule has 0 aliphatic carbocycles. The van der Waals surface area contributed by atoms with Gasteiger partial charge in [0.2, 0.25) is 0 Å². The zero-order valence-electron chi connectivity index (χ0n) is 13.5. The van der Waals surface area contributed by atoms with Crippen molar-refractivity contribution in [3.05, 3.63) is 36.2 Å². The minimum atomic E-state index is -1.45. The SMILES string of the molecule is COc1ccc(-c2cn(CCO[Si](C)(C)C)nc2C)cc1.